The topological polar surface area (TPSA) is 103 Å². The summed E-state index contributed by atoms with van der Waals surface area (Å²) in [6.07, 6.45) is 0. The van der Waals surface area contributed by atoms with Crippen LogP contribution in [0.5, 0.6) is 0 Å². The lowest BCUT2D eigenvalue weighted by Gasteiger charge is -2.03. The molecule has 0 radical (unpaired) electrons. The molecular weight excluding hydrogens is 350 g/mol. The third kappa shape index (κ3) is 2.97. The number of esters is 1. The number of nitrogens with zero attached hydrogens (tertiary/aromatic N) is 3. The molecule has 2 aromatic carbocycles. The van der Waals surface area contributed by atoms with Gasteiger partial charge in [0.05, 0.1) is 16.7 Å². The quantitative estimate of drug-likeness (QED) is 0.518. The van der Waals surface area contributed by atoms with E-state index in [9.17, 15) is 14.4 Å². The zero-order valence-electron chi connectivity index (χ0n) is 14.2. The summed E-state index contributed by atoms with van der Waals surface area (Å²) >= 11 is 0. The van der Waals surface area contributed by atoms with Crippen LogP contribution in [-0.4, -0.2) is 39.9 Å². The summed E-state index contributed by atoms with van der Waals surface area (Å²) in [7, 11) is 1.39. The van der Waals surface area contributed by atoms with Crippen LogP contribution in [0.4, 0.5) is 0 Å². The molecule has 2 heterocycles. The summed E-state index contributed by atoms with van der Waals surface area (Å²) in [5.74, 6) is -1.03. The number of amides is 2. The van der Waals surface area contributed by atoms with E-state index in [-0.39, 0.29) is 29.2 Å². The summed E-state index contributed by atoms with van der Waals surface area (Å²) in [5, 5.41) is 7.76. The summed E-state index contributed by atoms with van der Waals surface area (Å²) < 4.78 is 10.6. The maximum Gasteiger partial charge on any atom is 0.338 e. The molecule has 134 valence electrons. The van der Waals surface area contributed by atoms with Crippen LogP contribution in [0.1, 0.15) is 37.0 Å². The van der Waals surface area contributed by atoms with Crippen LogP contribution in [0, 0.1) is 0 Å². The molecule has 4 rings (SSSR count). The van der Waals surface area contributed by atoms with Crippen LogP contribution >= 0.6 is 0 Å². The van der Waals surface area contributed by atoms with Gasteiger partial charge < -0.3 is 9.15 Å². The van der Waals surface area contributed by atoms with Gasteiger partial charge in [-0.3, -0.25) is 14.5 Å². The molecule has 0 saturated carbocycles. The van der Waals surface area contributed by atoms with Crippen molar-refractivity contribution in [2.75, 3.05) is 7.05 Å². The smallest absolute Gasteiger partial charge is 0.338 e. The van der Waals surface area contributed by atoms with Crippen molar-refractivity contribution in [2.24, 2.45) is 0 Å². The minimum atomic E-state index is -0.660. The average molecular weight is 363 g/mol. The highest BCUT2D eigenvalue weighted by Crippen LogP contribution is 2.23. The maximum atomic E-state index is 12.2. The summed E-state index contributed by atoms with van der Waals surface area (Å²) in [5.41, 5.74) is 1.37. The van der Waals surface area contributed by atoms with Gasteiger partial charge in [0, 0.05) is 12.6 Å². The highest BCUT2D eigenvalue weighted by molar-refractivity contribution is 6.21. The lowest BCUT2D eigenvalue weighted by molar-refractivity contribution is 0.0438. The van der Waals surface area contributed by atoms with E-state index in [1.165, 1.54) is 25.2 Å². The van der Waals surface area contributed by atoms with Gasteiger partial charge >= 0.3 is 5.97 Å². The van der Waals surface area contributed by atoms with Crippen LogP contribution < -0.4 is 0 Å². The molecule has 27 heavy (non-hydrogen) atoms. The molecule has 0 fully saturated rings. The molecule has 0 atom stereocenters. The Morgan fingerprint density at radius 1 is 1.04 bits per heavy atom. The molecule has 1 aliphatic heterocycles. The first-order chi connectivity index (χ1) is 13.0. The summed E-state index contributed by atoms with van der Waals surface area (Å²) in [4.78, 5) is 37.1. The zero-order chi connectivity index (χ0) is 19.0. The molecular formula is C19H13N3O5. The van der Waals surface area contributed by atoms with Crippen molar-refractivity contribution in [3.63, 3.8) is 0 Å². The van der Waals surface area contributed by atoms with E-state index in [1.54, 1.807) is 0 Å². The number of ether oxygens (including phenoxy) is 1. The van der Waals surface area contributed by atoms with Gasteiger partial charge in [-0.1, -0.05) is 18.2 Å². The van der Waals surface area contributed by atoms with E-state index in [1.807, 2.05) is 30.3 Å². The van der Waals surface area contributed by atoms with Crippen LogP contribution in [0.25, 0.3) is 11.5 Å². The van der Waals surface area contributed by atoms with Crippen LogP contribution in [0.2, 0.25) is 0 Å². The first-order valence-corrected chi connectivity index (χ1v) is 8.06. The van der Waals surface area contributed by atoms with Crippen LogP contribution in [0.3, 0.4) is 0 Å². The Hall–Kier alpha value is -3.81. The second-order valence-electron chi connectivity index (χ2n) is 5.87. The Morgan fingerprint density at radius 3 is 2.56 bits per heavy atom. The molecule has 1 aliphatic rings. The fourth-order valence-electron chi connectivity index (χ4n) is 2.71. The van der Waals surface area contributed by atoms with E-state index in [0.29, 0.717) is 5.89 Å². The number of benzene rings is 2. The van der Waals surface area contributed by atoms with Crippen molar-refractivity contribution >= 4 is 17.8 Å². The van der Waals surface area contributed by atoms with Crippen molar-refractivity contribution in [3.05, 3.63) is 71.1 Å². The van der Waals surface area contributed by atoms with Crippen LogP contribution in [-0.2, 0) is 11.3 Å². The highest BCUT2D eigenvalue weighted by atomic mass is 16.5. The van der Waals surface area contributed by atoms with Crippen LogP contribution in [0.15, 0.2) is 52.9 Å². The Labute approximate surface area is 153 Å². The van der Waals surface area contributed by atoms with Gasteiger partial charge in [-0.05, 0) is 30.3 Å². The largest absolute Gasteiger partial charge is 0.452 e. The van der Waals surface area contributed by atoms with Crippen molar-refractivity contribution in [1.29, 1.82) is 0 Å². The first-order valence-electron chi connectivity index (χ1n) is 8.06. The molecule has 0 saturated heterocycles. The Bertz CT molecular complexity index is 1060. The molecule has 2 amide bonds. The summed E-state index contributed by atoms with van der Waals surface area (Å²) in [6.45, 7) is -0.206. The first kappa shape index (κ1) is 16.6. The number of imide groups is 1. The number of hydrogen-bond donors (Lipinski definition) is 0. The number of aromatic nitrogens is 2. The fourth-order valence-corrected chi connectivity index (χ4v) is 2.71. The SMILES string of the molecule is CN1C(=O)c2ccc(C(=O)OCc3nnc(-c4ccccc4)o3)cc2C1=O. The molecule has 8 nitrogen and oxygen atoms in total. The van der Waals surface area contributed by atoms with E-state index < -0.39 is 17.8 Å². The monoisotopic (exact) mass is 363 g/mol. The van der Waals surface area contributed by atoms with E-state index in [0.717, 1.165) is 10.5 Å². The number of fused-ring (bicyclic) bond motifs is 1. The molecule has 0 aliphatic carbocycles. The second-order valence-corrected chi connectivity index (χ2v) is 5.87. The summed E-state index contributed by atoms with van der Waals surface area (Å²) in [6, 6.07) is 13.4. The zero-order valence-corrected chi connectivity index (χ0v) is 14.2. The normalized spacial score (nSPS) is 13.0. The predicted octanol–water partition coefficient (Wildman–Crippen LogP) is 2.32. The van der Waals surface area contributed by atoms with E-state index in [2.05, 4.69) is 10.2 Å². The van der Waals surface area contributed by atoms with Gasteiger partial charge in [0.2, 0.25) is 5.89 Å². The van der Waals surface area contributed by atoms with Gasteiger partial charge in [0.1, 0.15) is 0 Å². The van der Waals surface area contributed by atoms with E-state index >= 15 is 0 Å². The number of carbonyl (C=O) groups excluding carboxylic acids is 3. The third-order valence-electron chi connectivity index (χ3n) is 4.14. The average Bonchev–Trinajstić information content (AvgIpc) is 3.26. The molecule has 8 heteroatoms. The number of rotatable bonds is 4. The minimum Gasteiger partial charge on any atom is -0.452 e. The minimum absolute atomic E-state index is 0.148. The van der Waals surface area contributed by atoms with Gasteiger partial charge in [-0.25, -0.2) is 4.79 Å². The predicted molar refractivity (Wildman–Crippen MR) is 91.7 cm³/mol. The lowest BCUT2D eigenvalue weighted by atomic mass is 10.1. The molecule has 0 N–H and O–H groups in total. The lowest BCUT2D eigenvalue weighted by Crippen LogP contribution is -2.24. The standard InChI is InChI=1S/C19H13N3O5/c1-22-17(23)13-8-7-12(9-14(13)18(22)24)19(25)26-10-15-20-21-16(27-15)11-5-3-2-4-6-11/h2-9H,10H2,1H3. The van der Waals surface area contributed by atoms with Gasteiger partial charge in [0.25, 0.3) is 17.7 Å². The second kappa shape index (κ2) is 6.49. The van der Waals surface area contributed by atoms with Gasteiger partial charge in [-0.15, -0.1) is 10.2 Å². The Morgan fingerprint density at radius 2 is 1.78 bits per heavy atom. The van der Waals surface area contributed by atoms with Crippen molar-refractivity contribution in [2.45, 2.75) is 6.61 Å². The van der Waals surface area contributed by atoms with E-state index in [4.69, 9.17) is 9.15 Å². The number of hydrogen-bond acceptors (Lipinski definition) is 7. The van der Waals surface area contributed by atoms with Gasteiger partial charge in [-0.2, -0.15) is 0 Å². The Balaban J connectivity index is 1.46. The Kier molecular flexibility index (Phi) is 4.00. The highest BCUT2D eigenvalue weighted by Gasteiger charge is 2.33. The third-order valence-corrected chi connectivity index (χ3v) is 4.14. The number of carbonyl (C=O) groups is 3. The maximum absolute atomic E-state index is 12.2. The van der Waals surface area contributed by atoms with Crippen molar-refractivity contribution in [3.8, 4) is 11.5 Å². The fraction of sp³-hybridized carbons (Fsp3) is 0.105. The molecule has 0 unspecified atom stereocenters. The van der Waals surface area contributed by atoms with Crippen molar-refractivity contribution in [1.82, 2.24) is 15.1 Å². The molecule has 0 spiro atoms. The molecule has 3 aromatic rings. The van der Waals surface area contributed by atoms with Gasteiger partial charge in [0.15, 0.2) is 6.61 Å². The molecule has 1 aromatic heterocycles. The van der Waals surface area contributed by atoms with Crippen molar-refractivity contribution < 1.29 is 23.5 Å². The molecule has 0 bridgehead atoms.